The molecule has 1 saturated carbocycles. The first-order chi connectivity index (χ1) is 29.9. The Hall–Kier alpha value is -3.69. The normalized spacial score (nSPS) is 20.2. The molecule has 3 aromatic carbocycles. The van der Waals surface area contributed by atoms with Crippen LogP contribution in [0.25, 0.3) is 16.6 Å². The number of anilines is 1. The Balaban J connectivity index is 0.896. The second-order valence-electron chi connectivity index (χ2n) is 17.5. The Morgan fingerprint density at radius 1 is 1.00 bits per heavy atom. The molecule has 4 heterocycles. The molecule has 15 heteroatoms. The van der Waals surface area contributed by atoms with Gasteiger partial charge in [-0.3, -0.25) is 4.90 Å². The Morgan fingerprint density at radius 3 is 2.58 bits per heavy atom. The van der Waals surface area contributed by atoms with E-state index in [9.17, 15) is 13.2 Å². The first-order valence-electron chi connectivity index (χ1n) is 21.3. The molecule has 5 aromatic rings. The van der Waals surface area contributed by atoms with E-state index in [2.05, 4.69) is 55.4 Å². The van der Waals surface area contributed by atoms with Crippen LogP contribution in [0.5, 0.6) is 11.5 Å². The van der Waals surface area contributed by atoms with Crippen LogP contribution < -0.4 is 18.1 Å². The summed E-state index contributed by atoms with van der Waals surface area (Å²) in [4.78, 5) is 28.8. The molecule has 0 radical (unpaired) electrons. The molecule has 3 fully saturated rings. The molecule has 2 aromatic heterocycles. The van der Waals surface area contributed by atoms with Crippen LogP contribution in [0.4, 0.5) is 5.69 Å². The number of carbonyl (C=O) groups excluding carboxylic acids is 1. The van der Waals surface area contributed by atoms with Crippen molar-refractivity contribution in [3.8, 4) is 11.5 Å². The molecule has 62 heavy (non-hydrogen) atoms. The summed E-state index contributed by atoms with van der Waals surface area (Å²) in [5.41, 5.74) is 6.09. The molecule has 2 aliphatic heterocycles. The number of H-pyrrole nitrogens is 1. The van der Waals surface area contributed by atoms with Crippen LogP contribution in [0.3, 0.4) is 0 Å². The summed E-state index contributed by atoms with van der Waals surface area (Å²) in [7, 11) is -4.28. The van der Waals surface area contributed by atoms with Gasteiger partial charge in [-0.1, -0.05) is 43.2 Å². The molecular formula is C47H52AuCl2N6O5S. The van der Waals surface area contributed by atoms with E-state index in [0.29, 0.717) is 22.5 Å². The standard InChI is InChI=1S/C39H38Cl2N5O4S.C8H14NO.Au/c1-39(2)14-12-28(35(23-39)26-6-8-29(40)9-7-26)25-45-16-18-46(19-17-45)31-10-11-34(38(47)44-51(48,49)33-5-3-4-30(41)21-33)36(22-31)50-32-20-27-13-15-42-37(27)43-24-32;1-7-6-9(4-5-10-7)8-2-3-8;/h3,5-11,13,15,20-22,24H,12,14,16-19,23,25H2,1-2H3,(H,42,43)(H,44,47);7-8H,1-6H2;. The number of halogens is 2. The largest absolute Gasteiger partial charge is 0.0843 e. The van der Waals surface area contributed by atoms with Gasteiger partial charge in [-0.05, 0) is 54.0 Å². The van der Waals surface area contributed by atoms with Crippen LogP contribution in [0.1, 0.15) is 61.9 Å². The summed E-state index contributed by atoms with van der Waals surface area (Å²) in [5, 5.41) is 1.96. The molecule has 2 aliphatic carbocycles. The van der Waals surface area contributed by atoms with Gasteiger partial charge >= 0.3 is 219 Å². The number of rotatable bonds is 13. The third-order valence-corrected chi connectivity index (χ3v) is 17.7. The van der Waals surface area contributed by atoms with E-state index in [1.165, 1.54) is 41.7 Å². The van der Waals surface area contributed by atoms with E-state index in [1.807, 2.05) is 36.4 Å². The SMILES string of the molecule is CC1(C)CCC(CN2CCN(c3ccc(C(=O)NS(=O)(=O)c4cc[c]([Au][CH2]C5CN(C6CC6)CCO5)c(Cl)c4)c(Oc4cnc5[nH]ccc5c4)c3)CC2)=C(c2ccc(Cl)cc2)C1. The molecular weight excluding hydrogens is 1030 g/mol. The molecule has 9 rings (SSSR count). The van der Waals surface area contributed by atoms with Gasteiger partial charge in [-0.15, -0.1) is 0 Å². The fourth-order valence-electron chi connectivity index (χ4n) is 8.66. The van der Waals surface area contributed by atoms with Crippen molar-refractivity contribution in [2.75, 3.05) is 57.3 Å². The van der Waals surface area contributed by atoms with Gasteiger partial charge in [0.15, 0.2) is 0 Å². The van der Waals surface area contributed by atoms with Crippen LogP contribution in [0.2, 0.25) is 14.7 Å². The fraction of sp³-hybridized carbons (Fsp3) is 0.404. The first-order valence-corrected chi connectivity index (χ1v) is 26.1. The van der Waals surface area contributed by atoms with Crippen molar-refractivity contribution < 1.29 is 42.4 Å². The van der Waals surface area contributed by atoms with Gasteiger partial charge < -0.3 is 4.98 Å². The van der Waals surface area contributed by atoms with Crippen LogP contribution in [-0.4, -0.2) is 98.7 Å². The number of allylic oxidation sites excluding steroid dienone is 1. The number of nitrogens with zero attached hydrogens (tertiary/aromatic N) is 4. The number of fused-ring (bicyclic) bond motifs is 1. The molecule has 0 bridgehead atoms. The van der Waals surface area contributed by atoms with Crippen molar-refractivity contribution in [3.63, 3.8) is 0 Å². The number of aromatic nitrogens is 2. The predicted molar refractivity (Wildman–Crippen MR) is 242 cm³/mol. The average molecular weight is 1080 g/mol. The van der Waals surface area contributed by atoms with Crippen LogP contribution in [0, 0.1) is 5.41 Å². The molecule has 2 saturated heterocycles. The number of sulfonamides is 1. The molecule has 1 amide bonds. The van der Waals surface area contributed by atoms with Crippen LogP contribution in [-0.2, 0) is 34.5 Å². The number of aromatic amines is 1. The number of nitrogens with one attached hydrogen (secondary N) is 2. The van der Waals surface area contributed by atoms with E-state index in [4.69, 9.17) is 32.7 Å². The van der Waals surface area contributed by atoms with Gasteiger partial charge in [0.1, 0.15) is 5.65 Å². The van der Waals surface area contributed by atoms with Crippen molar-refractivity contribution in [2.45, 2.75) is 67.6 Å². The van der Waals surface area contributed by atoms with Gasteiger partial charge in [0.05, 0.1) is 0 Å². The van der Waals surface area contributed by atoms with Gasteiger partial charge in [-0.2, -0.15) is 0 Å². The maximum Gasteiger partial charge on any atom is 0.0406 e. The van der Waals surface area contributed by atoms with Crippen molar-refractivity contribution in [1.29, 1.82) is 0 Å². The summed E-state index contributed by atoms with van der Waals surface area (Å²) in [6.45, 7) is 11.6. The topological polar surface area (TPSA) is 120 Å². The third-order valence-electron chi connectivity index (χ3n) is 12.3. The molecule has 11 nitrogen and oxygen atoms in total. The van der Waals surface area contributed by atoms with Gasteiger partial charge in [0.25, 0.3) is 0 Å². The number of carbonyl (C=O) groups is 1. The van der Waals surface area contributed by atoms with Crippen LogP contribution >= 0.6 is 23.2 Å². The fourth-order valence-corrected chi connectivity index (χ4v) is 12.8. The van der Waals surface area contributed by atoms with Gasteiger partial charge in [0, 0.05) is 49.3 Å². The van der Waals surface area contributed by atoms with Crippen molar-refractivity contribution >= 4 is 65.2 Å². The van der Waals surface area contributed by atoms with E-state index >= 15 is 0 Å². The summed E-state index contributed by atoms with van der Waals surface area (Å²) < 4.78 is 44.0. The number of ether oxygens (including phenoxy) is 2. The molecule has 1 atom stereocenters. The number of hydrogen-bond donors (Lipinski definition) is 2. The maximum absolute atomic E-state index is 14.0. The molecule has 331 valence electrons. The zero-order chi connectivity index (χ0) is 43.0. The average Bonchev–Trinajstić information content (AvgIpc) is 4.01. The first kappa shape index (κ1) is 43.6. The Bertz CT molecular complexity index is 2590. The Kier molecular flexibility index (Phi) is 12.9. The second kappa shape index (κ2) is 18.4. The third kappa shape index (κ3) is 10.3. The van der Waals surface area contributed by atoms with Crippen LogP contribution in [0.15, 0.2) is 95.7 Å². The van der Waals surface area contributed by atoms with Gasteiger partial charge in [-0.25, -0.2) is 4.98 Å². The minimum atomic E-state index is -4.28. The molecule has 2 N–H and O–H groups in total. The van der Waals surface area contributed by atoms with E-state index in [0.717, 1.165) is 96.2 Å². The number of piperazine rings is 1. The predicted octanol–water partition coefficient (Wildman–Crippen LogP) is 8.56. The second-order valence-corrected chi connectivity index (χ2v) is 22.8. The van der Waals surface area contributed by atoms with E-state index in [1.54, 1.807) is 24.5 Å². The number of benzene rings is 3. The number of pyridine rings is 1. The number of morpholine rings is 1. The molecule has 0 spiro atoms. The zero-order valence-electron chi connectivity index (χ0n) is 34.9. The zero-order valence-corrected chi connectivity index (χ0v) is 39.4. The minimum Gasteiger partial charge on any atom is -0.0843 e. The van der Waals surface area contributed by atoms with Crippen molar-refractivity contribution in [1.82, 2.24) is 24.5 Å². The van der Waals surface area contributed by atoms with Crippen molar-refractivity contribution in [2.24, 2.45) is 5.41 Å². The summed E-state index contributed by atoms with van der Waals surface area (Å²) in [5.74, 6) is -0.172. The number of amides is 1. The Morgan fingerprint density at radius 2 is 1.81 bits per heavy atom. The smallest absolute Gasteiger partial charge is 0.0406 e. The Labute approximate surface area is 383 Å². The number of hydrogen-bond acceptors (Lipinski definition) is 9. The summed E-state index contributed by atoms with van der Waals surface area (Å²) in [6.07, 6.45) is 9.34. The minimum absolute atomic E-state index is 0.0765. The van der Waals surface area contributed by atoms with Gasteiger partial charge in [0.2, 0.25) is 0 Å². The monoisotopic (exact) mass is 1080 g/mol. The summed E-state index contributed by atoms with van der Waals surface area (Å²) >= 11 is 12.6. The van der Waals surface area contributed by atoms with Crippen molar-refractivity contribution in [3.05, 3.63) is 112 Å². The van der Waals surface area contributed by atoms with E-state index in [-0.39, 0.29) is 47.5 Å². The molecule has 1 unspecified atom stereocenters. The van der Waals surface area contributed by atoms with E-state index < -0.39 is 15.9 Å². The quantitative estimate of drug-likeness (QED) is 0.112. The maximum atomic E-state index is 14.0. The molecule has 4 aliphatic rings. The summed E-state index contributed by atoms with van der Waals surface area (Å²) in [6, 6.07) is 22.7.